The van der Waals surface area contributed by atoms with Gasteiger partial charge in [0.25, 0.3) is 6.43 Å². The Bertz CT molecular complexity index is 459. The number of carbonyl (C=O) groups excluding carboxylic acids is 1. The lowest BCUT2D eigenvalue weighted by molar-refractivity contribution is 0.107. The Hall–Kier alpha value is -1.65. The third-order valence-electron chi connectivity index (χ3n) is 4.42. The molecule has 0 spiro atoms. The average Bonchev–Trinajstić information content (AvgIpc) is 2.53. The fraction of sp³-hybridized carbons (Fsp3) is 0.588. The molecule has 1 saturated carbocycles. The van der Waals surface area contributed by atoms with E-state index in [0.717, 1.165) is 30.6 Å². The summed E-state index contributed by atoms with van der Waals surface area (Å²) in [6.07, 6.45) is 1.89. The molecule has 122 valence electrons. The highest BCUT2D eigenvalue weighted by molar-refractivity contribution is 5.73. The van der Waals surface area contributed by atoms with Crippen molar-refractivity contribution in [3.8, 4) is 0 Å². The zero-order valence-corrected chi connectivity index (χ0v) is 13.0. The van der Waals surface area contributed by atoms with Crippen molar-refractivity contribution in [3.05, 3.63) is 35.9 Å². The lowest BCUT2D eigenvalue weighted by Gasteiger charge is -2.29. The lowest BCUT2D eigenvalue weighted by atomic mass is 9.79. The van der Waals surface area contributed by atoms with Crippen molar-refractivity contribution in [2.45, 2.75) is 38.0 Å². The number of nitrogens with one attached hydrogen (secondary N) is 1. The molecule has 0 saturated heterocycles. The van der Waals surface area contributed by atoms with Crippen molar-refractivity contribution >= 4 is 6.03 Å². The van der Waals surface area contributed by atoms with Gasteiger partial charge in [-0.05, 0) is 43.1 Å². The van der Waals surface area contributed by atoms with Gasteiger partial charge in [-0.25, -0.2) is 13.6 Å². The van der Waals surface area contributed by atoms with Crippen LogP contribution in [-0.2, 0) is 0 Å². The predicted molar refractivity (Wildman–Crippen MR) is 83.2 cm³/mol. The van der Waals surface area contributed by atoms with Crippen molar-refractivity contribution in [2.75, 3.05) is 20.1 Å². The molecule has 0 heterocycles. The van der Waals surface area contributed by atoms with Crippen LogP contribution in [0.3, 0.4) is 0 Å². The van der Waals surface area contributed by atoms with E-state index in [-0.39, 0.29) is 0 Å². The molecule has 1 N–H and O–H groups in total. The molecule has 5 heteroatoms. The molecule has 1 fully saturated rings. The zero-order valence-electron chi connectivity index (χ0n) is 13.0. The SMILES string of the molecule is CN(CC(F)F)C(=O)NCC1CCC(c2ccccc2)CC1. The van der Waals surface area contributed by atoms with Crippen LogP contribution in [0.25, 0.3) is 0 Å². The molecule has 2 amide bonds. The fourth-order valence-corrected chi connectivity index (χ4v) is 3.08. The van der Waals surface area contributed by atoms with Crippen LogP contribution in [0.5, 0.6) is 0 Å². The number of amides is 2. The Labute approximate surface area is 130 Å². The molecule has 1 aliphatic carbocycles. The first-order valence-corrected chi connectivity index (χ1v) is 7.88. The van der Waals surface area contributed by atoms with Gasteiger partial charge in [0.05, 0.1) is 6.54 Å². The summed E-state index contributed by atoms with van der Waals surface area (Å²) >= 11 is 0. The molecule has 3 nitrogen and oxygen atoms in total. The molecule has 0 aliphatic heterocycles. The van der Waals surface area contributed by atoms with Crippen molar-refractivity contribution in [3.63, 3.8) is 0 Å². The minimum atomic E-state index is -2.49. The maximum atomic E-state index is 12.2. The molecule has 0 bridgehead atoms. The molecule has 1 aromatic carbocycles. The van der Waals surface area contributed by atoms with E-state index in [2.05, 4.69) is 29.6 Å². The summed E-state index contributed by atoms with van der Waals surface area (Å²) < 4.78 is 24.4. The van der Waals surface area contributed by atoms with Gasteiger partial charge in [-0.1, -0.05) is 30.3 Å². The average molecular weight is 310 g/mol. The third kappa shape index (κ3) is 4.97. The van der Waals surface area contributed by atoms with Crippen molar-refractivity contribution in [2.24, 2.45) is 5.92 Å². The van der Waals surface area contributed by atoms with Gasteiger partial charge in [0, 0.05) is 13.6 Å². The van der Waals surface area contributed by atoms with Crippen molar-refractivity contribution < 1.29 is 13.6 Å². The van der Waals surface area contributed by atoms with Gasteiger partial charge >= 0.3 is 6.03 Å². The minimum absolute atomic E-state index is 0.412. The van der Waals surface area contributed by atoms with E-state index >= 15 is 0 Å². The number of urea groups is 1. The molecule has 2 rings (SSSR count). The Balaban J connectivity index is 1.70. The number of carbonyl (C=O) groups is 1. The Kier molecular flexibility index (Phi) is 6.16. The van der Waals surface area contributed by atoms with E-state index in [9.17, 15) is 13.6 Å². The fourth-order valence-electron chi connectivity index (χ4n) is 3.08. The molecule has 0 aromatic heterocycles. The van der Waals surface area contributed by atoms with Crippen LogP contribution < -0.4 is 5.32 Å². The van der Waals surface area contributed by atoms with Gasteiger partial charge in [-0.2, -0.15) is 0 Å². The summed E-state index contributed by atoms with van der Waals surface area (Å²) in [6, 6.07) is 10.1. The van der Waals surface area contributed by atoms with Crippen LogP contribution in [0.15, 0.2) is 30.3 Å². The third-order valence-corrected chi connectivity index (χ3v) is 4.42. The molecule has 22 heavy (non-hydrogen) atoms. The topological polar surface area (TPSA) is 32.3 Å². The standard InChI is InChI=1S/C17H24F2N2O/c1-21(12-16(18)19)17(22)20-11-13-7-9-15(10-8-13)14-5-3-2-4-6-14/h2-6,13,15-16H,7-12H2,1H3,(H,20,22). The van der Waals surface area contributed by atoms with Crippen LogP contribution in [-0.4, -0.2) is 37.5 Å². The number of hydrogen-bond acceptors (Lipinski definition) is 1. The first kappa shape index (κ1) is 16.7. The van der Waals surface area contributed by atoms with E-state index in [1.54, 1.807) is 0 Å². The second-order valence-corrected chi connectivity index (χ2v) is 6.09. The maximum Gasteiger partial charge on any atom is 0.317 e. The highest BCUT2D eigenvalue weighted by atomic mass is 19.3. The van der Waals surface area contributed by atoms with E-state index in [1.165, 1.54) is 12.6 Å². The van der Waals surface area contributed by atoms with Crippen LogP contribution in [0.1, 0.15) is 37.2 Å². The van der Waals surface area contributed by atoms with E-state index < -0.39 is 19.0 Å². The number of nitrogens with zero attached hydrogens (tertiary/aromatic N) is 1. The molecule has 0 unspecified atom stereocenters. The predicted octanol–water partition coefficient (Wildman–Crippen LogP) is 3.87. The molecule has 1 aromatic rings. The minimum Gasteiger partial charge on any atom is -0.338 e. The Morgan fingerprint density at radius 1 is 1.23 bits per heavy atom. The van der Waals surface area contributed by atoms with Gasteiger partial charge in [0.2, 0.25) is 0 Å². The van der Waals surface area contributed by atoms with E-state index in [1.807, 2.05) is 6.07 Å². The molecule has 0 radical (unpaired) electrons. The largest absolute Gasteiger partial charge is 0.338 e. The monoisotopic (exact) mass is 310 g/mol. The number of halogens is 2. The van der Waals surface area contributed by atoms with Crippen molar-refractivity contribution in [1.29, 1.82) is 0 Å². The quantitative estimate of drug-likeness (QED) is 0.880. The first-order valence-electron chi connectivity index (χ1n) is 7.88. The Morgan fingerprint density at radius 3 is 2.45 bits per heavy atom. The molecule has 0 atom stereocenters. The van der Waals surface area contributed by atoms with Gasteiger partial charge in [-0.15, -0.1) is 0 Å². The van der Waals surface area contributed by atoms with E-state index in [4.69, 9.17) is 0 Å². The number of rotatable bonds is 5. The Morgan fingerprint density at radius 2 is 1.86 bits per heavy atom. The number of alkyl halides is 2. The summed E-state index contributed by atoms with van der Waals surface area (Å²) in [5, 5.41) is 2.77. The summed E-state index contributed by atoms with van der Waals surface area (Å²) in [5.41, 5.74) is 1.39. The maximum absolute atomic E-state index is 12.2. The second kappa shape index (κ2) is 8.11. The second-order valence-electron chi connectivity index (χ2n) is 6.09. The molecular formula is C17H24F2N2O. The summed E-state index contributed by atoms with van der Waals surface area (Å²) in [4.78, 5) is 12.7. The highest BCUT2D eigenvalue weighted by Crippen LogP contribution is 2.35. The van der Waals surface area contributed by atoms with Crippen molar-refractivity contribution in [1.82, 2.24) is 10.2 Å². The lowest BCUT2D eigenvalue weighted by Crippen LogP contribution is -2.42. The van der Waals surface area contributed by atoms with E-state index in [0.29, 0.717) is 18.4 Å². The van der Waals surface area contributed by atoms with Gasteiger partial charge in [-0.3, -0.25) is 0 Å². The van der Waals surface area contributed by atoms with Crippen LogP contribution in [0.2, 0.25) is 0 Å². The molecule has 1 aliphatic rings. The normalized spacial score (nSPS) is 21.6. The van der Waals surface area contributed by atoms with Gasteiger partial charge in [0.1, 0.15) is 0 Å². The molecular weight excluding hydrogens is 286 g/mol. The summed E-state index contributed by atoms with van der Waals surface area (Å²) in [7, 11) is 1.40. The van der Waals surface area contributed by atoms with Crippen LogP contribution >= 0.6 is 0 Å². The first-order chi connectivity index (χ1) is 10.6. The van der Waals surface area contributed by atoms with Gasteiger partial charge in [0.15, 0.2) is 0 Å². The van der Waals surface area contributed by atoms with Gasteiger partial charge < -0.3 is 10.2 Å². The number of benzene rings is 1. The smallest absolute Gasteiger partial charge is 0.317 e. The van der Waals surface area contributed by atoms with Crippen LogP contribution in [0.4, 0.5) is 13.6 Å². The number of hydrogen-bond donors (Lipinski definition) is 1. The van der Waals surface area contributed by atoms with Crippen LogP contribution in [0, 0.1) is 5.92 Å². The highest BCUT2D eigenvalue weighted by Gasteiger charge is 2.23. The summed E-state index contributed by atoms with van der Waals surface area (Å²) in [5.74, 6) is 1.05. The zero-order chi connectivity index (χ0) is 15.9. The summed E-state index contributed by atoms with van der Waals surface area (Å²) in [6.45, 7) is 0.0561.